The van der Waals surface area contributed by atoms with Crippen LogP contribution in [-0.4, -0.2) is 51.0 Å². The summed E-state index contributed by atoms with van der Waals surface area (Å²) in [6.45, 7) is 1.99. The van der Waals surface area contributed by atoms with Crippen LogP contribution in [-0.2, 0) is 26.2 Å². The highest BCUT2D eigenvalue weighted by molar-refractivity contribution is 7.92. The smallest absolute Gasteiger partial charge is 0.242 e. The molecule has 0 saturated carbocycles. The first-order valence-electron chi connectivity index (χ1n) is 9.92. The molecule has 7 nitrogen and oxygen atoms in total. The molecule has 0 spiro atoms. The molecule has 9 heteroatoms. The summed E-state index contributed by atoms with van der Waals surface area (Å²) in [6.07, 6.45) is 1.53. The van der Waals surface area contributed by atoms with Crippen molar-refractivity contribution in [3.63, 3.8) is 0 Å². The van der Waals surface area contributed by atoms with Crippen LogP contribution in [0.2, 0.25) is 5.02 Å². The summed E-state index contributed by atoms with van der Waals surface area (Å²) in [5, 5.41) is 3.07. The Morgan fingerprint density at radius 3 is 2.26 bits per heavy atom. The first-order valence-corrected chi connectivity index (χ1v) is 12.1. The first kappa shape index (κ1) is 24.7. The molecule has 0 heterocycles. The lowest BCUT2D eigenvalue weighted by Gasteiger charge is -2.29. The Morgan fingerprint density at radius 1 is 1.06 bits per heavy atom. The maximum atomic E-state index is 13.0. The van der Waals surface area contributed by atoms with E-state index in [4.69, 9.17) is 11.6 Å². The average Bonchev–Trinajstić information content (AvgIpc) is 2.74. The number of carbonyl (C=O) groups is 2. The quantitative estimate of drug-likeness (QED) is 0.584. The van der Waals surface area contributed by atoms with E-state index < -0.39 is 16.1 Å². The molecule has 0 aliphatic rings. The van der Waals surface area contributed by atoms with E-state index in [0.29, 0.717) is 17.1 Å². The maximum absolute atomic E-state index is 13.0. The minimum atomic E-state index is -3.50. The molecule has 1 N–H and O–H groups in total. The minimum absolute atomic E-state index is 0.0879. The van der Waals surface area contributed by atoms with E-state index in [0.717, 1.165) is 11.8 Å². The van der Waals surface area contributed by atoms with Gasteiger partial charge in [-0.1, -0.05) is 48.0 Å². The second-order valence-electron chi connectivity index (χ2n) is 7.18. The number of carbonyl (C=O) groups excluding carboxylic acids is 2. The van der Waals surface area contributed by atoms with Crippen molar-refractivity contribution >= 4 is 39.1 Å². The largest absolute Gasteiger partial charge is 0.357 e. The van der Waals surface area contributed by atoms with Crippen molar-refractivity contribution in [2.45, 2.75) is 32.4 Å². The molecule has 1 atom stereocenters. The van der Waals surface area contributed by atoms with E-state index in [1.54, 1.807) is 55.5 Å². The van der Waals surface area contributed by atoms with E-state index in [1.807, 2.05) is 6.07 Å². The number of hydrogen-bond donors (Lipinski definition) is 1. The van der Waals surface area contributed by atoms with Gasteiger partial charge in [-0.2, -0.15) is 0 Å². The van der Waals surface area contributed by atoms with E-state index in [1.165, 1.54) is 16.3 Å². The fourth-order valence-corrected chi connectivity index (χ4v) is 4.36. The maximum Gasteiger partial charge on any atom is 0.242 e. The number of para-hydroxylation sites is 1. The first-order chi connectivity index (χ1) is 14.6. The number of benzene rings is 2. The van der Waals surface area contributed by atoms with Crippen LogP contribution >= 0.6 is 11.6 Å². The van der Waals surface area contributed by atoms with Gasteiger partial charge in [0.25, 0.3) is 0 Å². The van der Waals surface area contributed by atoms with Crippen LogP contribution in [0.15, 0.2) is 54.6 Å². The van der Waals surface area contributed by atoms with Gasteiger partial charge in [-0.3, -0.25) is 13.9 Å². The lowest BCUT2D eigenvalue weighted by atomic mass is 10.1. The third-order valence-corrected chi connectivity index (χ3v) is 6.47. The highest BCUT2D eigenvalue weighted by Crippen LogP contribution is 2.21. The van der Waals surface area contributed by atoms with Crippen molar-refractivity contribution in [2.24, 2.45) is 0 Å². The fraction of sp³-hybridized carbons (Fsp3) is 0.364. The molecular weight excluding hydrogens is 438 g/mol. The van der Waals surface area contributed by atoms with Crippen molar-refractivity contribution < 1.29 is 18.0 Å². The van der Waals surface area contributed by atoms with Crippen LogP contribution in [0.4, 0.5) is 5.69 Å². The Kier molecular flexibility index (Phi) is 8.88. The van der Waals surface area contributed by atoms with E-state index in [2.05, 4.69) is 5.32 Å². The van der Waals surface area contributed by atoms with Gasteiger partial charge in [0.2, 0.25) is 21.8 Å². The number of rotatable bonds is 10. The standard InChI is InChI=1S/C22H28ClN3O4S/c1-17(22(28)24-2)25(16-18-10-7-8-13-20(18)23)21(27)14-9-15-26(31(3,29)30)19-11-5-4-6-12-19/h4-8,10-13,17H,9,14-16H2,1-3H3,(H,24,28)/t17-/m1/s1. The molecule has 31 heavy (non-hydrogen) atoms. The van der Waals surface area contributed by atoms with Crippen LogP contribution in [0, 0.1) is 0 Å². The summed E-state index contributed by atoms with van der Waals surface area (Å²) >= 11 is 6.24. The molecule has 0 bridgehead atoms. The number of halogens is 1. The molecule has 168 valence electrons. The number of anilines is 1. The summed E-state index contributed by atoms with van der Waals surface area (Å²) in [7, 11) is -1.98. The second kappa shape index (κ2) is 11.2. The monoisotopic (exact) mass is 465 g/mol. The van der Waals surface area contributed by atoms with Gasteiger partial charge in [-0.15, -0.1) is 0 Å². The molecule has 2 rings (SSSR count). The van der Waals surface area contributed by atoms with Crippen LogP contribution in [0.3, 0.4) is 0 Å². The van der Waals surface area contributed by atoms with E-state index in [-0.39, 0.29) is 31.3 Å². The Hall–Kier alpha value is -2.58. The van der Waals surface area contributed by atoms with Crippen molar-refractivity contribution in [3.05, 3.63) is 65.2 Å². The van der Waals surface area contributed by atoms with Crippen LogP contribution < -0.4 is 9.62 Å². The van der Waals surface area contributed by atoms with Crippen molar-refractivity contribution in [2.75, 3.05) is 24.2 Å². The Bertz CT molecular complexity index is 999. The number of hydrogen-bond acceptors (Lipinski definition) is 4. The third kappa shape index (κ3) is 6.97. The van der Waals surface area contributed by atoms with Gasteiger partial charge in [0.05, 0.1) is 11.9 Å². The lowest BCUT2D eigenvalue weighted by Crippen LogP contribution is -2.46. The number of likely N-dealkylation sites (N-methyl/N-ethyl adjacent to an activating group) is 1. The van der Waals surface area contributed by atoms with Gasteiger partial charge in [0.1, 0.15) is 6.04 Å². The molecule has 2 amide bonds. The molecule has 0 fully saturated rings. The van der Waals surface area contributed by atoms with Crippen LogP contribution in [0.1, 0.15) is 25.3 Å². The molecule has 2 aromatic rings. The number of amides is 2. The summed E-state index contributed by atoms with van der Waals surface area (Å²) in [5.74, 6) is -0.542. The third-order valence-electron chi connectivity index (χ3n) is 4.91. The zero-order valence-electron chi connectivity index (χ0n) is 17.9. The number of nitrogens with zero attached hydrogens (tertiary/aromatic N) is 2. The Morgan fingerprint density at radius 2 is 1.68 bits per heavy atom. The Balaban J connectivity index is 2.13. The van der Waals surface area contributed by atoms with Gasteiger partial charge < -0.3 is 10.2 Å². The lowest BCUT2D eigenvalue weighted by molar-refractivity contribution is -0.140. The molecule has 0 aromatic heterocycles. The highest BCUT2D eigenvalue weighted by atomic mass is 35.5. The van der Waals surface area contributed by atoms with E-state index >= 15 is 0 Å². The van der Waals surface area contributed by atoms with Gasteiger partial charge in [-0.25, -0.2) is 8.42 Å². The van der Waals surface area contributed by atoms with Gasteiger partial charge in [0, 0.05) is 31.6 Å². The number of nitrogens with one attached hydrogen (secondary N) is 1. The van der Waals surface area contributed by atoms with Crippen LogP contribution in [0.5, 0.6) is 0 Å². The minimum Gasteiger partial charge on any atom is -0.357 e. The number of sulfonamides is 1. The van der Waals surface area contributed by atoms with Crippen molar-refractivity contribution in [1.82, 2.24) is 10.2 Å². The average molecular weight is 466 g/mol. The summed E-state index contributed by atoms with van der Waals surface area (Å²) < 4.78 is 25.7. The SMILES string of the molecule is CNC(=O)[C@@H](C)N(Cc1ccccc1Cl)C(=O)CCCN(c1ccccc1)S(C)(=O)=O. The molecule has 0 radical (unpaired) electrons. The summed E-state index contributed by atoms with van der Waals surface area (Å²) in [6, 6.07) is 15.2. The van der Waals surface area contributed by atoms with Crippen LogP contribution in [0.25, 0.3) is 0 Å². The second-order valence-corrected chi connectivity index (χ2v) is 9.49. The molecule has 0 aliphatic carbocycles. The van der Waals surface area contributed by atoms with Gasteiger partial charge in [-0.05, 0) is 37.1 Å². The zero-order valence-corrected chi connectivity index (χ0v) is 19.5. The summed E-state index contributed by atoms with van der Waals surface area (Å²) in [4.78, 5) is 26.7. The predicted molar refractivity (Wildman–Crippen MR) is 123 cm³/mol. The highest BCUT2D eigenvalue weighted by Gasteiger charge is 2.26. The molecule has 0 aliphatic heterocycles. The topological polar surface area (TPSA) is 86.8 Å². The Labute approximate surface area is 189 Å². The molecule has 0 saturated heterocycles. The molecular formula is C22H28ClN3O4S. The van der Waals surface area contributed by atoms with Gasteiger partial charge >= 0.3 is 0 Å². The predicted octanol–water partition coefficient (Wildman–Crippen LogP) is 3.05. The summed E-state index contributed by atoms with van der Waals surface area (Å²) in [5.41, 5.74) is 1.28. The van der Waals surface area contributed by atoms with Crippen molar-refractivity contribution in [3.8, 4) is 0 Å². The fourth-order valence-electron chi connectivity index (χ4n) is 3.20. The normalized spacial score (nSPS) is 12.1. The zero-order chi connectivity index (χ0) is 23.0. The van der Waals surface area contributed by atoms with Gasteiger partial charge in [0.15, 0.2) is 0 Å². The van der Waals surface area contributed by atoms with E-state index in [9.17, 15) is 18.0 Å². The molecule has 0 unspecified atom stereocenters. The van der Waals surface area contributed by atoms with Crippen molar-refractivity contribution in [1.29, 1.82) is 0 Å². The molecule has 2 aromatic carbocycles.